The molecule has 3 heterocycles. The smallest absolute Gasteiger partial charge is 0.261 e. The summed E-state index contributed by atoms with van der Waals surface area (Å²) < 4.78 is 1.85. The van der Waals surface area contributed by atoms with Crippen LogP contribution in [0.15, 0.2) is 53.3 Å². The van der Waals surface area contributed by atoms with Crippen LogP contribution in [-0.2, 0) is 6.54 Å². The van der Waals surface area contributed by atoms with Gasteiger partial charge in [-0.15, -0.1) is 0 Å². The van der Waals surface area contributed by atoms with Gasteiger partial charge in [-0.3, -0.25) is 9.36 Å². The van der Waals surface area contributed by atoms with Gasteiger partial charge in [0.05, 0.1) is 16.9 Å². The predicted molar refractivity (Wildman–Crippen MR) is 86.2 cm³/mol. The van der Waals surface area contributed by atoms with Crippen LogP contribution in [0.25, 0.3) is 10.9 Å². The van der Waals surface area contributed by atoms with E-state index in [-0.39, 0.29) is 11.6 Å². The summed E-state index contributed by atoms with van der Waals surface area (Å²) in [5.41, 5.74) is 3.39. The Balaban J connectivity index is 1.75. The molecule has 0 aliphatic carbocycles. The van der Waals surface area contributed by atoms with E-state index in [1.165, 1.54) is 11.3 Å². The summed E-state index contributed by atoms with van der Waals surface area (Å²) >= 11 is 0. The fourth-order valence-corrected chi connectivity index (χ4v) is 3.87. The van der Waals surface area contributed by atoms with Crippen LogP contribution in [0.5, 0.6) is 0 Å². The van der Waals surface area contributed by atoms with E-state index in [9.17, 15) is 4.79 Å². The standard InChI is InChI=1S/C18H15N3O/c22-18-13-6-2-4-8-15(13)20-17-16-12(9-10-21(17)18)11-5-1-3-7-14(11)19-16/h1-8,12,16,19H,9-10H2/t12-,16+/m0/s1. The van der Waals surface area contributed by atoms with Crippen LogP contribution in [0.1, 0.15) is 29.8 Å². The fraction of sp³-hybridized carbons (Fsp3) is 0.222. The normalized spacial score (nSPS) is 21.8. The van der Waals surface area contributed by atoms with Crippen molar-refractivity contribution in [3.63, 3.8) is 0 Å². The van der Waals surface area contributed by atoms with Crippen molar-refractivity contribution in [3.8, 4) is 0 Å². The average Bonchev–Trinajstić information content (AvgIpc) is 2.94. The lowest BCUT2D eigenvalue weighted by atomic mass is 9.89. The molecule has 0 radical (unpaired) electrons. The molecule has 2 atom stereocenters. The van der Waals surface area contributed by atoms with Crippen molar-refractivity contribution in [2.24, 2.45) is 0 Å². The van der Waals surface area contributed by atoms with Gasteiger partial charge in [0.15, 0.2) is 0 Å². The topological polar surface area (TPSA) is 46.9 Å². The van der Waals surface area contributed by atoms with Crippen molar-refractivity contribution in [3.05, 3.63) is 70.3 Å². The highest BCUT2D eigenvalue weighted by molar-refractivity contribution is 5.77. The number of rotatable bonds is 0. The Morgan fingerprint density at radius 2 is 1.91 bits per heavy atom. The summed E-state index contributed by atoms with van der Waals surface area (Å²) in [5.74, 6) is 1.28. The fourth-order valence-electron chi connectivity index (χ4n) is 3.87. The summed E-state index contributed by atoms with van der Waals surface area (Å²) in [5, 5.41) is 4.27. The molecule has 2 aliphatic rings. The highest BCUT2D eigenvalue weighted by Gasteiger charge is 2.38. The second-order valence-corrected chi connectivity index (χ2v) is 6.05. The van der Waals surface area contributed by atoms with Gasteiger partial charge in [-0.25, -0.2) is 4.98 Å². The molecule has 22 heavy (non-hydrogen) atoms. The van der Waals surface area contributed by atoms with Crippen molar-refractivity contribution in [2.75, 3.05) is 5.32 Å². The molecular formula is C18H15N3O. The number of aromatic nitrogens is 2. The molecule has 0 saturated heterocycles. The van der Waals surface area contributed by atoms with Gasteiger partial charge in [0.1, 0.15) is 5.82 Å². The molecule has 2 aromatic carbocycles. The highest BCUT2D eigenvalue weighted by atomic mass is 16.1. The molecule has 0 fully saturated rings. The lowest BCUT2D eigenvalue weighted by Gasteiger charge is -2.29. The molecule has 108 valence electrons. The van der Waals surface area contributed by atoms with E-state index in [0.29, 0.717) is 11.3 Å². The van der Waals surface area contributed by atoms with Crippen molar-refractivity contribution in [2.45, 2.75) is 24.9 Å². The predicted octanol–water partition coefficient (Wildman–Crippen LogP) is 3.05. The van der Waals surface area contributed by atoms with E-state index in [1.807, 2.05) is 34.9 Å². The largest absolute Gasteiger partial charge is 0.374 e. The molecule has 0 unspecified atom stereocenters. The quantitative estimate of drug-likeness (QED) is 0.692. The van der Waals surface area contributed by atoms with Gasteiger partial charge in [0, 0.05) is 18.2 Å². The summed E-state index contributed by atoms with van der Waals surface area (Å²) in [4.78, 5) is 17.5. The number of benzene rings is 2. The van der Waals surface area contributed by atoms with Gasteiger partial charge in [0.25, 0.3) is 5.56 Å². The van der Waals surface area contributed by atoms with Gasteiger partial charge >= 0.3 is 0 Å². The van der Waals surface area contributed by atoms with E-state index in [2.05, 4.69) is 23.5 Å². The lowest BCUT2D eigenvalue weighted by molar-refractivity contribution is 0.415. The van der Waals surface area contributed by atoms with Crippen molar-refractivity contribution in [1.29, 1.82) is 0 Å². The SMILES string of the molecule is O=c1c2ccccc2nc2n1CC[C@H]1c3ccccc3N[C@@H]21. The molecule has 0 saturated carbocycles. The Bertz CT molecular complexity index is 960. The molecule has 5 rings (SSSR count). The lowest BCUT2D eigenvalue weighted by Crippen LogP contribution is -2.34. The Morgan fingerprint density at radius 1 is 1.09 bits per heavy atom. The number of hydrogen-bond donors (Lipinski definition) is 1. The van der Waals surface area contributed by atoms with Gasteiger partial charge < -0.3 is 5.32 Å². The van der Waals surface area contributed by atoms with Crippen LogP contribution < -0.4 is 10.9 Å². The number of para-hydroxylation sites is 2. The summed E-state index contributed by atoms with van der Waals surface area (Å²) in [6.07, 6.45) is 0.974. The first kappa shape index (κ1) is 12.0. The van der Waals surface area contributed by atoms with Crippen LogP contribution in [0.2, 0.25) is 0 Å². The molecular weight excluding hydrogens is 274 g/mol. The third-order valence-electron chi connectivity index (χ3n) is 4.91. The molecule has 1 aromatic heterocycles. The number of hydrogen-bond acceptors (Lipinski definition) is 3. The van der Waals surface area contributed by atoms with Crippen LogP contribution in [-0.4, -0.2) is 9.55 Å². The minimum Gasteiger partial charge on any atom is -0.374 e. The first-order valence-electron chi connectivity index (χ1n) is 7.68. The van der Waals surface area contributed by atoms with Crippen LogP contribution in [0.4, 0.5) is 5.69 Å². The maximum atomic E-state index is 12.7. The van der Waals surface area contributed by atoms with Crippen LogP contribution >= 0.6 is 0 Å². The molecule has 4 heteroatoms. The van der Waals surface area contributed by atoms with E-state index in [1.54, 1.807) is 0 Å². The summed E-state index contributed by atoms with van der Waals surface area (Å²) in [6, 6.07) is 16.1. The number of nitrogens with zero attached hydrogens (tertiary/aromatic N) is 2. The first-order valence-corrected chi connectivity index (χ1v) is 7.68. The monoisotopic (exact) mass is 289 g/mol. The Hall–Kier alpha value is -2.62. The molecule has 3 aromatic rings. The maximum Gasteiger partial charge on any atom is 0.261 e. The zero-order valence-corrected chi connectivity index (χ0v) is 12.0. The minimum absolute atomic E-state index is 0.0804. The van der Waals surface area contributed by atoms with Gasteiger partial charge in [-0.2, -0.15) is 0 Å². The number of anilines is 1. The second-order valence-electron chi connectivity index (χ2n) is 6.05. The zero-order valence-electron chi connectivity index (χ0n) is 12.0. The van der Waals surface area contributed by atoms with Gasteiger partial charge in [-0.1, -0.05) is 30.3 Å². The Labute approximate surface area is 127 Å². The molecule has 0 spiro atoms. The van der Waals surface area contributed by atoms with Gasteiger partial charge in [-0.05, 0) is 30.2 Å². The second kappa shape index (κ2) is 4.19. The minimum atomic E-state index is 0.0804. The van der Waals surface area contributed by atoms with E-state index < -0.39 is 0 Å². The molecule has 0 amide bonds. The third kappa shape index (κ3) is 1.47. The first-order chi connectivity index (χ1) is 10.8. The van der Waals surface area contributed by atoms with Crippen molar-refractivity contribution >= 4 is 16.6 Å². The number of fused-ring (bicyclic) bond motifs is 6. The molecule has 2 aliphatic heterocycles. The molecule has 4 nitrogen and oxygen atoms in total. The van der Waals surface area contributed by atoms with Crippen molar-refractivity contribution in [1.82, 2.24) is 9.55 Å². The van der Waals surface area contributed by atoms with E-state index >= 15 is 0 Å². The highest BCUT2D eigenvalue weighted by Crippen LogP contribution is 2.47. The zero-order chi connectivity index (χ0) is 14.7. The summed E-state index contributed by atoms with van der Waals surface area (Å²) in [7, 11) is 0. The number of nitrogens with one attached hydrogen (secondary N) is 1. The van der Waals surface area contributed by atoms with E-state index in [0.717, 1.165) is 24.3 Å². The summed E-state index contributed by atoms with van der Waals surface area (Å²) in [6.45, 7) is 0.739. The molecule has 0 bridgehead atoms. The Kier molecular flexibility index (Phi) is 2.28. The van der Waals surface area contributed by atoms with Gasteiger partial charge in [0.2, 0.25) is 0 Å². The van der Waals surface area contributed by atoms with Crippen molar-refractivity contribution < 1.29 is 0 Å². The molecule has 1 N–H and O–H groups in total. The maximum absolute atomic E-state index is 12.7. The van der Waals surface area contributed by atoms with E-state index in [4.69, 9.17) is 4.98 Å². The Morgan fingerprint density at radius 3 is 2.86 bits per heavy atom. The third-order valence-corrected chi connectivity index (χ3v) is 4.91. The van der Waals surface area contributed by atoms with Crippen LogP contribution in [0.3, 0.4) is 0 Å². The van der Waals surface area contributed by atoms with Crippen LogP contribution in [0, 0.1) is 0 Å². The average molecular weight is 289 g/mol.